The molecule has 20 heavy (non-hydrogen) atoms. The van der Waals surface area contributed by atoms with Crippen molar-refractivity contribution >= 4 is 23.0 Å². The highest BCUT2D eigenvalue weighted by molar-refractivity contribution is 6.31. The highest BCUT2D eigenvalue weighted by Gasteiger charge is 2.23. The van der Waals surface area contributed by atoms with E-state index in [9.17, 15) is 0 Å². The van der Waals surface area contributed by atoms with Crippen molar-refractivity contribution < 1.29 is 4.74 Å². The first kappa shape index (κ1) is 13.1. The normalized spacial score (nSPS) is 13.4. The molecule has 0 saturated carbocycles. The lowest BCUT2D eigenvalue weighted by molar-refractivity contribution is 0.414. The number of hydrogen-bond acceptors (Lipinski definition) is 3. The van der Waals surface area contributed by atoms with Gasteiger partial charge in [-0.2, -0.15) is 0 Å². The van der Waals surface area contributed by atoms with E-state index in [1.54, 1.807) is 7.11 Å². The topological polar surface area (TPSA) is 38.5 Å². The highest BCUT2D eigenvalue weighted by Crippen LogP contribution is 2.39. The van der Waals surface area contributed by atoms with Crippen molar-refractivity contribution in [1.82, 2.24) is 0 Å². The average molecular weight is 289 g/mol. The summed E-state index contributed by atoms with van der Waals surface area (Å²) in [5.74, 6) is 0.798. The fraction of sp³-hybridized carbons (Fsp3) is 0.250. The quantitative estimate of drug-likeness (QED) is 0.855. The third-order valence-electron chi connectivity index (χ3n) is 3.82. The molecule has 3 nitrogen and oxygen atoms in total. The van der Waals surface area contributed by atoms with Gasteiger partial charge in [0.25, 0.3) is 0 Å². The number of ether oxygens (including phenoxy) is 1. The van der Waals surface area contributed by atoms with Crippen LogP contribution in [0.4, 0.5) is 11.4 Å². The predicted octanol–water partition coefficient (Wildman–Crippen LogP) is 3.76. The molecule has 0 radical (unpaired) electrons. The summed E-state index contributed by atoms with van der Waals surface area (Å²) >= 11 is 6.17. The molecule has 3 rings (SSSR count). The van der Waals surface area contributed by atoms with Gasteiger partial charge in [-0.3, -0.25) is 0 Å². The second-order valence-corrected chi connectivity index (χ2v) is 5.52. The maximum Gasteiger partial charge on any atom is 0.143 e. The van der Waals surface area contributed by atoms with Crippen molar-refractivity contribution in [2.75, 3.05) is 17.7 Å². The number of fused-ring (bicyclic) bond motifs is 1. The molecule has 0 amide bonds. The molecule has 0 aromatic heterocycles. The lowest BCUT2D eigenvalue weighted by Crippen LogP contribution is -2.16. The number of nitrogens with zero attached hydrogens (tertiary/aromatic N) is 1. The molecule has 1 heterocycles. The van der Waals surface area contributed by atoms with Crippen molar-refractivity contribution in [2.24, 2.45) is 0 Å². The molecule has 0 atom stereocenters. The van der Waals surface area contributed by atoms with Gasteiger partial charge in [-0.15, -0.1) is 0 Å². The molecule has 2 aromatic carbocycles. The van der Waals surface area contributed by atoms with Gasteiger partial charge in [-0.05, 0) is 35.7 Å². The Morgan fingerprint density at radius 1 is 1.25 bits per heavy atom. The largest absolute Gasteiger partial charge is 0.495 e. The van der Waals surface area contributed by atoms with Crippen molar-refractivity contribution in [2.45, 2.75) is 20.0 Å². The zero-order valence-electron chi connectivity index (χ0n) is 11.6. The number of nitrogens with two attached hydrogens (primary N) is 1. The molecule has 4 heteroatoms. The smallest absolute Gasteiger partial charge is 0.143 e. The molecule has 0 saturated heterocycles. The Kier molecular flexibility index (Phi) is 3.22. The van der Waals surface area contributed by atoms with E-state index in [1.807, 2.05) is 25.1 Å². The molecule has 2 N–H and O–H groups in total. The summed E-state index contributed by atoms with van der Waals surface area (Å²) in [4.78, 5) is 2.27. The molecular formula is C16H17ClN2O. The van der Waals surface area contributed by atoms with Crippen LogP contribution in [-0.2, 0) is 13.1 Å². The fourth-order valence-corrected chi connectivity index (χ4v) is 2.83. The maximum absolute atomic E-state index is 6.17. The van der Waals surface area contributed by atoms with Gasteiger partial charge >= 0.3 is 0 Å². The molecule has 1 aliphatic heterocycles. The van der Waals surface area contributed by atoms with Gasteiger partial charge in [0.2, 0.25) is 0 Å². The number of nitrogen functional groups attached to an aromatic ring is 1. The van der Waals surface area contributed by atoms with E-state index in [4.69, 9.17) is 22.1 Å². The number of aryl methyl sites for hydroxylation is 1. The van der Waals surface area contributed by atoms with Gasteiger partial charge in [0, 0.05) is 29.9 Å². The maximum atomic E-state index is 6.17. The van der Waals surface area contributed by atoms with Gasteiger partial charge in [0.05, 0.1) is 12.8 Å². The van der Waals surface area contributed by atoms with Gasteiger partial charge in [0.15, 0.2) is 0 Å². The number of rotatable bonds is 2. The minimum absolute atomic E-state index is 0.724. The molecule has 0 aliphatic carbocycles. The molecule has 2 aromatic rings. The molecule has 0 spiro atoms. The number of anilines is 2. The lowest BCUT2D eigenvalue weighted by atomic mass is 10.1. The Hall–Kier alpha value is -1.87. The number of halogens is 1. The van der Waals surface area contributed by atoms with Crippen LogP contribution >= 0.6 is 11.6 Å². The zero-order valence-corrected chi connectivity index (χ0v) is 12.4. The van der Waals surface area contributed by atoms with Gasteiger partial charge in [-0.1, -0.05) is 23.7 Å². The van der Waals surface area contributed by atoms with E-state index in [0.29, 0.717) is 0 Å². The second-order valence-electron chi connectivity index (χ2n) is 5.11. The Bertz CT molecular complexity index is 670. The monoisotopic (exact) mass is 288 g/mol. The predicted molar refractivity (Wildman–Crippen MR) is 83.5 cm³/mol. The second kappa shape index (κ2) is 4.91. The van der Waals surface area contributed by atoms with Crippen molar-refractivity contribution in [3.63, 3.8) is 0 Å². The van der Waals surface area contributed by atoms with Crippen LogP contribution in [0.25, 0.3) is 0 Å². The number of hydrogen-bond donors (Lipinski definition) is 1. The van der Waals surface area contributed by atoms with E-state index in [0.717, 1.165) is 40.8 Å². The Morgan fingerprint density at radius 3 is 2.75 bits per heavy atom. The van der Waals surface area contributed by atoms with Crippen LogP contribution in [0.3, 0.4) is 0 Å². The van der Waals surface area contributed by atoms with Crippen LogP contribution < -0.4 is 15.4 Å². The van der Waals surface area contributed by atoms with E-state index >= 15 is 0 Å². The van der Waals surface area contributed by atoms with Crippen molar-refractivity contribution in [3.8, 4) is 5.75 Å². The fourth-order valence-electron chi connectivity index (χ4n) is 2.68. The molecule has 0 unspecified atom stereocenters. The SMILES string of the molecule is COc1cc(Cl)c(C)cc1N1Cc2cccc(N)c2C1. The number of methoxy groups -OCH3 is 1. The van der Waals surface area contributed by atoms with E-state index in [-0.39, 0.29) is 0 Å². The summed E-state index contributed by atoms with van der Waals surface area (Å²) in [5, 5.41) is 0.724. The number of benzene rings is 2. The first-order valence-corrected chi connectivity index (χ1v) is 6.93. The summed E-state index contributed by atoms with van der Waals surface area (Å²) < 4.78 is 5.47. The first-order chi connectivity index (χ1) is 9.60. The van der Waals surface area contributed by atoms with Gasteiger partial charge < -0.3 is 15.4 Å². The van der Waals surface area contributed by atoms with Crippen LogP contribution in [0.2, 0.25) is 5.02 Å². The van der Waals surface area contributed by atoms with Crippen LogP contribution in [0.5, 0.6) is 5.75 Å². The molecule has 0 bridgehead atoms. The molecule has 1 aliphatic rings. The van der Waals surface area contributed by atoms with Gasteiger partial charge in [-0.25, -0.2) is 0 Å². The summed E-state index contributed by atoms with van der Waals surface area (Å²) in [6, 6.07) is 10.0. The van der Waals surface area contributed by atoms with Crippen LogP contribution in [0, 0.1) is 6.92 Å². The minimum atomic E-state index is 0.724. The molecule has 104 valence electrons. The van der Waals surface area contributed by atoms with Crippen molar-refractivity contribution in [1.29, 1.82) is 0 Å². The Morgan fingerprint density at radius 2 is 2.05 bits per heavy atom. The molecular weight excluding hydrogens is 272 g/mol. The summed E-state index contributed by atoms with van der Waals surface area (Å²) in [7, 11) is 1.67. The lowest BCUT2D eigenvalue weighted by Gasteiger charge is -2.21. The van der Waals surface area contributed by atoms with Crippen LogP contribution in [-0.4, -0.2) is 7.11 Å². The zero-order chi connectivity index (χ0) is 14.3. The van der Waals surface area contributed by atoms with Crippen LogP contribution in [0.15, 0.2) is 30.3 Å². The van der Waals surface area contributed by atoms with E-state index in [2.05, 4.69) is 17.0 Å². The summed E-state index contributed by atoms with van der Waals surface area (Å²) in [5.41, 5.74) is 11.5. The first-order valence-electron chi connectivity index (χ1n) is 6.55. The third kappa shape index (κ3) is 2.08. The summed E-state index contributed by atoms with van der Waals surface area (Å²) in [6.45, 7) is 3.65. The summed E-state index contributed by atoms with van der Waals surface area (Å²) in [6.07, 6.45) is 0. The Balaban J connectivity index is 2.01. The Labute approximate surface area is 123 Å². The van der Waals surface area contributed by atoms with Crippen LogP contribution in [0.1, 0.15) is 16.7 Å². The molecule has 0 fully saturated rings. The van der Waals surface area contributed by atoms with E-state index in [1.165, 1.54) is 11.1 Å². The third-order valence-corrected chi connectivity index (χ3v) is 4.23. The average Bonchev–Trinajstić information content (AvgIpc) is 2.86. The van der Waals surface area contributed by atoms with Gasteiger partial charge in [0.1, 0.15) is 5.75 Å². The van der Waals surface area contributed by atoms with E-state index < -0.39 is 0 Å². The standard InChI is InChI=1S/C16H17ClN2O/c1-10-6-15(16(20-2)7-13(10)17)19-8-11-4-3-5-14(18)12(11)9-19/h3-7H,8-9,18H2,1-2H3. The highest BCUT2D eigenvalue weighted by atomic mass is 35.5. The van der Waals surface area contributed by atoms with Crippen molar-refractivity contribution in [3.05, 3.63) is 52.0 Å². The minimum Gasteiger partial charge on any atom is -0.495 e.